The number of nitrogens with two attached hydrogens (primary N) is 1. The predicted octanol–water partition coefficient (Wildman–Crippen LogP) is 4.83. The van der Waals surface area contributed by atoms with Gasteiger partial charge in [0, 0.05) is 35.3 Å². The van der Waals surface area contributed by atoms with E-state index < -0.39 is 5.82 Å². The van der Waals surface area contributed by atoms with Gasteiger partial charge in [-0.1, -0.05) is 18.5 Å². The van der Waals surface area contributed by atoms with E-state index in [0.717, 1.165) is 41.3 Å². The molecule has 1 amide bonds. The summed E-state index contributed by atoms with van der Waals surface area (Å²) >= 11 is 5.87. The van der Waals surface area contributed by atoms with Crippen LogP contribution in [-0.4, -0.2) is 10.9 Å². The number of primary amides is 1. The van der Waals surface area contributed by atoms with Gasteiger partial charge in [-0.3, -0.25) is 9.78 Å². The van der Waals surface area contributed by atoms with Crippen molar-refractivity contribution in [1.82, 2.24) is 4.98 Å². The van der Waals surface area contributed by atoms with Gasteiger partial charge in [0.1, 0.15) is 17.2 Å². The molecule has 0 bridgehead atoms. The van der Waals surface area contributed by atoms with Gasteiger partial charge in [-0.2, -0.15) is 0 Å². The lowest BCUT2D eigenvalue weighted by molar-refractivity contribution is -0.122. The van der Waals surface area contributed by atoms with E-state index >= 15 is 0 Å². The Balaban J connectivity index is 1.84. The third kappa shape index (κ3) is 2.76. The van der Waals surface area contributed by atoms with Crippen LogP contribution in [0.3, 0.4) is 0 Å². The molecule has 1 aromatic carbocycles. The number of rotatable bonds is 3. The first-order chi connectivity index (χ1) is 12.5. The first-order valence-electron chi connectivity index (χ1n) is 8.60. The van der Waals surface area contributed by atoms with Crippen LogP contribution in [0.1, 0.15) is 36.8 Å². The molecule has 6 heteroatoms. The van der Waals surface area contributed by atoms with Crippen molar-refractivity contribution in [3.8, 4) is 11.3 Å². The molecule has 2 atom stereocenters. The number of carbonyl (C=O) groups is 1. The maximum Gasteiger partial charge on any atom is 0.220 e. The second-order valence-electron chi connectivity index (χ2n) is 6.86. The molecule has 2 unspecified atom stereocenters. The standard InChI is InChI=1S/C20H18ClFN2O2/c1-10(20(23)25)12-3-2-4-13-14(12)8-24-9-15(13)19-6-11-5-16(21)17(22)7-18(11)26-19/h5-10,12H,2-4H2,1H3,(H2,23,25). The van der Waals surface area contributed by atoms with Crippen molar-refractivity contribution in [2.45, 2.75) is 32.1 Å². The highest BCUT2D eigenvalue weighted by atomic mass is 35.5. The highest BCUT2D eigenvalue weighted by molar-refractivity contribution is 6.31. The first kappa shape index (κ1) is 17.0. The van der Waals surface area contributed by atoms with Crippen molar-refractivity contribution in [2.75, 3.05) is 0 Å². The number of hydrogen-bond donors (Lipinski definition) is 1. The summed E-state index contributed by atoms with van der Waals surface area (Å²) in [5.74, 6) is -0.390. The Morgan fingerprint density at radius 3 is 2.96 bits per heavy atom. The van der Waals surface area contributed by atoms with Crippen molar-refractivity contribution >= 4 is 28.5 Å². The summed E-state index contributed by atoms with van der Waals surface area (Å²) in [5.41, 5.74) is 9.01. The zero-order valence-electron chi connectivity index (χ0n) is 14.3. The maximum atomic E-state index is 13.7. The van der Waals surface area contributed by atoms with Gasteiger partial charge in [-0.25, -0.2) is 4.39 Å². The average molecular weight is 373 g/mol. The molecule has 26 heavy (non-hydrogen) atoms. The van der Waals surface area contributed by atoms with Crippen molar-refractivity contribution in [2.24, 2.45) is 11.7 Å². The minimum absolute atomic E-state index is 0.0555. The van der Waals surface area contributed by atoms with Gasteiger partial charge in [0.2, 0.25) is 5.91 Å². The molecule has 0 saturated heterocycles. The molecule has 3 aromatic rings. The van der Waals surface area contributed by atoms with E-state index in [4.69, 9.17) is 21.8 Å². The van der Waals surface area contributed by atoms with Gasteiger partial charge in [0.15, 0.2) is 0 Å². The molecule has 2 N–H and O–H groups in total. The van der Waals surface area contributed by atoms with Crippen LogP contribution in [0.25, 0.3) is 22.3 Å². The predicted molar refractivity (Wildman–Crippen MR) is 98.5 cm³/mol. The van der Waals surface area contributed by atoms with E-state index in [1.165, 1.54) is 6.07 Å². The molecule has 2 aromatic heterocycles. The van der Waals surface area contributed by atoms with E-state index in [0.29, 0.717) is 11.3 Å². The third-order valence-electron chi connectivity index (χ3n) is 5.31. The molecule has 0 spiro atoms. The summed E-state index contributed by atoms with van der Waals surface area (Å²) in [5, 5.41) is 0.801. The smallest absolute Gasteiger partial charge is 0.220 e. The van der Waals surface area contributed by atoms with Crippen molar-refractivity contribution in [1.29, 1.82) is 0 Å². The molecule has 0 fully saturated rings. The fourth-order valence-electron chi connectivity index (χ4n) is 3.85. The summed E-state index contributed by atoms with van der Waals surface area (Å²) in [6.07, 6.45) is 6.32. The van der Waals surface area contributed by atoms with E-state index in [1.807, 2.05) is 19.2 Å². The molecule has 1 aliphatic carbocycles. The summed E-state index contributed by atoms with van der Waals surface area (Å²) in [4.78, 5) is 16.0. The van der Waals surface area contributed by atoms with Crippen LogP contribution in [0.2, 0.25) is 5.02 Å². The average Bonchev–Trinajstić information content (AvgIpc) is 3.02. The molecule has 4 rings (SSSR count). The van der Waals surface area contributed by atoms with Gasteiger partial charge < -0.3 is 10.2 Å². The first-order valence-corrected chi connectivity index (χ1v) is 8.98. The lowest BCUT2D eigenvalue weighted by Crippen LogP contribution is -2.28. The number of benzene rings is 1. The summed E-state index contributed by atoms with van der Waals surface area (Å²) in [6, 6.07) is 4.70. The number of furan rings is 1. The Kier molecular flexibility index (Phi) is 4.19. The molecular weight excluding hydrogens is 355 g/mol. The van der Waals surface area contributed by atoms with Crippen LogP contribution in [0, 0.1) is 11.7 Å². The monoisotopic (exact) mass is 372 g/mol. The number of carbonyl (C=O) groups excluding carboxylic acids is 1. The molecule has 0 radical (unpaired) electrons. The van der Waals surface area contributed by atoms with E-state index in [1.54, 1.807) is 12.3 Å². The van der Waals surface area contributed by atoms with Crippen LogP contribution in [-0.2, 0) is 11.2 Å². The Hall–Kier alpha value is -2.40. The molecule has 134 valence electrons. The highest BCUT2D eigenvalue weighted by Crippen LogP contribution is 2.41. The number of aromatic nitrogens is 1. The fraction of sp³-hybridized carbons (Fsp3) is 0.300. The van der Waals surface area contributed by atoms with E-state index in [9.17, 15) is 9.18 Å². The molecule has 0 saturated carbocycles. The quantitative estimate of drug-likeness (QED) is 0.716. The van der Waals surface area contributed by atoms with Crippen molar-refractivity contribution in [3.05, 3.63) is 52.6 Å². The molecule has 4 nitrogen and oxygen atoms in total. The Morgan fingerprint density at radius 2 is 2.19 bits per heavy atom. The number of nitrogens with zero attached hydrogens (tertiary/aromatic N) is 1. The van der Waals surface area contributed by atoms with E-state index in [-0.39, 0.29) is 22.8 Å². The third-order valence-corrected chi connectivity index (χ3v) is 5.60. The van der Waals surface area contributed by atoms with Crippen LogP contribution >= 0.6 is 11.6 Å². The summed E-state index contributed by atoms with van der Waals surface area (Å²) in [6.45, 7) is 1.86. The van der Waals surface area contributed by atoms with Gasteiger partial charge in [-0.05, 0) is 48.4 Å². The molecule has 2 heterocycles. The van der Waals surface area contributed by atoms with Crippen LogP contribution in [0.15, 0.2) is 35.0 Å². The number of fused-ring (bicyclic) bond motifs is 2. The normalized spacial score (nSPS) is 17.9. The second-order valence-corrected chi connectivity index (χ2v) is 7.27. The van der Waals surface area contributed by atoms with Crippen LogP contribution in [0.4, 0.5) is 4.39 Å². The summed E-state index contributed by atoms with van der Waals surface area (Å²) < 4.78 is 19.6. The molecule has 1 aliphatic rings. The molecular formula is C20H18ClFN2O2. The highest BCUT2D eigenvalue weighted by Gasteiger charge is 2.30. The van der Waals surface area contributed by atoms with Crippen molar-refractivity contribution in [3.63, 3.8) is 0 Å². The Morgan fingerprint density at radius 1 is 1.38 bits per heavy atom. The van der Waals surface area contributed by atoms with Gasteiger partial charge in [0.05, 0.1) is 5.02 Å². The van der Waals surface area contributed by atoms with Crippen LogP contribution < -0.4 is 5.73 Å². The fourth-order valence-corrected chi connectivity index (χ4v) is 4.03. The number of halogens is 2. The zero-order valence-corrected chi connectivity index (χ0v) is 15.0. The van der Waals surface area contributed by atoms with Crippen molar-refractivity contribution < 1.29 is 13.6 Å². The summed E-state index contributed by atoms with van der Waals surface area (Å²) in [7, 11) is 0. The minimum atomic E-state index is -0.511. The Labute approximate surface area is 155 Å². The SMILES string of the molecule is CC(C(N)=O)C1CCCc2c(-c3cc4cc(Cl)c(F)cc4o3)cncc21. The van der Waals surface area contributed by atoms with E-state index in [2.05, 4.69) is 4.98 Å². The largest absolute Gasteiger partial charge is 0.456 e. The minimum Gasteiger partial charge on any atom is -0.456 e. The van der Waals surface area contributed by atoms with Gasteiger partial charge in [-0.15, -0.1) is 0 Å². The Bertz CT molecular complexity index is 975. The molecule has 0 aliphatic heterocycles. The number of amides is 1. The lowest BCUT2D eigenvalue weighted by Gasteiger charge is -2.29. The number of pyridine rings is 1. The maximum absolute atomic E-state index is 13.7. The topological polar surface area (TPSA) is 69.1 Å². The lowest BCUT2D eigenvalue weighted by atomic mass is 9.75. The second kappa shape index (κ2) is 6.40. The van der Waals surface area contributed by atoms with Gasteiger partial charge in [0.25, 0.3) is 0 Å². The van der Waals surface area contributed by atoms with Crippen LogP contribution in [0.5, 0.6) is 0 Å². The number of hydrogen-bond acceptors (Lipinski definition) is 3. The zero-order chi connectivity index (χ0) is 18.4. The van der Waals surface area contributed by atoms with Gasteiger partial charge >= 0.3 is 0 Å².